The van der Waals surface area contributed by atoms with Gasteiger partial charge in [0.05, 0.1) is 67.3 Å². The number of piperidine rings is 1. The van der Waals surface area contributed by atoms with Crippen molar-refractivity contribution in [2.45, 2.75) is 25.3 Å². The van der Waals surface area contributed by atoms with E-state index in [-0.39, 0.29) is 73.7 Å². The number of nitrogens with zero attached hydrogens (tertiary/aromatic N) is 5. The number of fused-ring (bicyclic) bond motifs is 2. The quantitative estimate of drug-likeness (QED) is 0.0637. The molecule has 0 bridgehead atoms. The number of ether oxygens (including phenoxy) is 3. The largest absolute Gasteiger partial charge is 0.494 e. The van der Waals surface area contributed by atoms with Gasteiger partial charge in [-0.3, -0.25) is 43.9 Å². The maximum absolute atomic E-state index is 13.7. The number of nitrogens with one attached hydrogen (secondary N) is 4. The highest BCUT2D eigenvalue weighted by Crippen LogP contribution is 2.34. The molecule has 3 aromatic carbocycles. The van der Waals surface area contributed by atoms with E-state index in [1.165, 1.54) is 43.8 Å². The van der Waals surface area contributed by atoms with Gasteiger partial charge in [0, 0.05) is 74.6 Å². The molecule has 2 saturated heterocycles. The molecule has 1 aromatic heterocycles. The standard InChI is InChI=1S/C43H45ClFN9O9/c1-61-35-24-32-28(40(48-25-47-32)49-26-7-8-30(45)29(44)22-26)23-33(35)50-36(55)6-3-13-52-14-16-53(17-15-52)38(57)11-18-62-20-21-63-19-12-46-31-5-2-4-27-39(31)43(60)54(42(27)59)34-9-10-37(56)51-41(34)58/h2-8,22-25,34,46H,9-21H2,1H3,(H,50,55)(H,47,48,49)(H,51,56,58)/b6-3+. The van der Waals surface area contributed by atoms with Gasteiger partial charge in [-0.05, 0) is 42.8 Å². The Morgan fingerprint density at radius 1 is 0.952 bits per heavy atom. The number of hydrogen-bond donors (Lipinski definition) is 4. The fourth-order valence-electron chi connectivity index (χ4n) is 7.38. The number of carbonyl (C=O) groups excluding carboxylic acids is 6. The van der Waals surface area contributed by atoms with E-state index in [1.54, 1.807) is 35.2 Å². The molecule has 0 saturated carbocycles. The van der Waals surface area contributed by atoms with Gasteiger partial charge in [-0.1, -0.05) is 23.7 Å². The maximum Gasteiger partial charge on any atom is 0.264 e. The average Bonchev–Trinajstić information content (AvgIpc) is 3.53. The molecule has 20 heteroatoms. The van der Waals surface area contributed by atoms with Gasteiger partial charge < -0.3 is 35.1 Å². The number of benzene rings is 3. The number of imide groups is 2. The molecular weight excluding hydrogens is 841 g/mol. The predicted molar refractivity (Wildman–Crippen MR) is 229 cm³/mol. The molecule has 1 unspecified atom stereocenters. The Balaban J connectivity index is 0.770. The molecule has 4 N–H and O–H groups in total. The fourth-order valence-corrected chi connectivity index (χ4v) is 7.56. The van der Waals surface area contributed by atoms with Gasteiger partial charge in [0.1, 0.15) is 29.8 Å². The lowest BCUT2D eigenvalue weighted by Gasteiger charge is -2.34. The van der Waals surface area contributed by atoms with Crippen LogP contribution < -0.4 is 26.0 Å². The Hall–Kier alpha value is -6.54. The Labute approximate surface area is 366 Å². The Morgan fingerprint density at radius 2 is 1.75 bits per heavy atom. The second kappa shape index (κ2) is 20.6. The normalized spacial score (nSPS) is 16.7. The van der Waals surface area contributed by atoms with Crippen LogP contribution in [0.25, 0.3) is 10.9 Å². The topological polar surface area (TPSA) is 214 Å². The van der Waals surface area contributed by atoms with E-state index in [4.69, 9.17) is 25.8 Å². The summed E-state index contributed by atoms with van der Waals surface area (Å²) in [4.78, 5) is 89.5. The Kier molecular flexibility index (Phi) is 14.5. The number of amides is 6. The van der Waals surface area contributed by atoms with Crippen LogP contribution in [0.1, 0.15) is 40.0 Å². The lowest BCUT2D eigenvalue weighted by atomic mass is 10.0. The predicted octanol–water partition coefficient (Wildman–Crippen LogP) is 3.75. The first-order valence-electron chi connectivity index (χ1n) is 20.3. The molecule has 0 radical (unpaired) electrons. The minimum atomic E-state index is -1.04. The average molecular weight is 886 g/mol. The second-order valence-corrected chi connectivity index (χ2v) is 15.1. The smallest absolute Gasteiger partial charge is 0.264 e. The number of carbonyl (C=O) groups is 6. The first kappa shape index (κ1) is 44.5. The molecule has 0 aliphatic carbocycles. The van der Waals surface area contributed by atoms with Crippen molar-refractivity contribution < 1.29 is 47.4 Å². The van der Waals surface area contributed by atoms with E-state index in [2.05, 4.69) is 36.1 Å². The number of anilines is 4. The minimum absolute atomic E-state index is 0.0103. The Bertz CT molecular complexity index is 2450. The number of aromatic nitrogens is 2. The molecule has 18 nitrogen and oxygen atoms in total. The number of piperazine rings is 1. The lowest BCUT2D eigenvalue weighted by Crippen LogP contribution is -2.54. The van der Waals surface area contributed by atoms with E-state index < -0.39 is 35.5 Å². The molecule has 3 aliphatic rings. The van der Waals surface area contributed by atoms with Crippen LogP contribution in [0.15, 0.2) is 67.0 Å². The van der Waals surface area contributed by atoms with E-state index in [0.717, 1.165) is 4.90 Å². The molecule has 7 rings (SSSR count). The van der Waals surface area contributed by atoms with Crippen molar-refractivity contribution in [1.29, 1.82) is 0 Å². The lowest BCUT2D eigenvalue weighted by molar-refractivity contribution is -0.136. The maximum atomic E-state index is 13.7. The summed E-state index contributed by atoms with van der Waals surface area (Å²) in [6.45, 7) is 4.30. The molecular formula is C43H45ClFN9O9. The van der Waals surface area contributed by atoms with Crippen LogP contribution in [0.3, 0.4) is 0 Å². The first-order valence-corrected chi connectivity index (χ1v) is 20.6. The zero-order valence-electron chi connectivity index (χ0n) is 34.3. The van der Waals surface area contributed by atoms with Crippen LogP contribution in [0.2, 0.25) is 5.02 Å². The van der Waals surface area contributed by atoms with Crippen LogP contribution in [0.4, 0.5) is 27.3 Å². The van der Waals surface area contributed by atoms with Gasteiger partial charge >= 0.3 is 0 Å². The SMILES string of the molecule is COc1cc2ncnc(Nc3ccc(F)c(Cl)c3)c2cc1NC(=O)/C=C/CN1CCN(C(=O)CCOCCOCCNc2cccc3c2C(=O)N(C2CCC(=O)NC2=O)C3=O)CC1. The number of halogens is 2. The number of rotatable bonds is 18. The van der Waals surface area contributed by atoms with Crippen molar-refractivity contribution in [2.75, 3.05) is 88.8 Å². The fraction of sp³-hybridized carbons (Fsp3) is 0.349. The summed E-state index contributed by atoms with van der Waals surface area (Å²) in [5.74, 6) is -2.36. The van der Waals surface area contributed by atoms with Crippen molar-refractivity contribution in [3.8, 4) is 5.75 Å². The van der Waals surface area contributed by atoms with Gasteiger partial charge in [0.25, 0.3) is 11.8 Å². The third-order valence-corrected chi connectivity index (χ3v) is 10.9. The highest BCUT2D eigenvalue weighted by molar-refractivity contribution is 6.31. The molecule has 330 valence electrons. The molecule has 3 aliphatic heterocycles. The molecule has 4 heterocycles. The first-order chi connectivity index (χ1) is 30.5. The van der Waals surface area contributed by atoms with Crippen LogP contribution in [-0.4, -0.2) is 139 Å². The number of methoxy groups -OCH3 is 1. The molecule has 0 spiro atoms. The van der Waals surface area contributed by atoms with Crippen molar-refractivity contribution in [3.05, 3.63) is 89.0 Å². The summed E-state index contributed by atoms with van der Waals surface area (Å²) in [5.41, 5.74) is 2.29. The highest BCUT2D eigenvalue weighted by atomic mass is 35.5. The van der Waals surface area contributed by atoms with E-state index in [0.29, 0.717) is 78.8 Å². The Morgan fingerprint density at radius 3 is 2.51 bits per heavy atom. The van der Waals surface area contributed by atoms with Gasteiger partial charge in [-0.2, -0.15) is 0 Å². The van der Waals surface area contributed by atoms with Crippen LogP contribution in [0.5, 0.6) is 5.75 Å². The summed E-state index contributed by atoms with van der Waals surface area (Å²) in [6, 6.07) is 11.4. The summed E-state index contributed by atoms with van der Waals surface area (Å²) in [7, 11) is 1.49. The van der Waals surface area contributed by atoms with Crippen LogP contribution in [0, 0.1) is 5.82 Å². The number of hydrogen-bond acceptors (Lipinski definition) is 14. The third kappa shape index (κ3) is 10.7. The minimum Gasteiger partial charge on any atom is -0.494 e. The third-order valence-electron chi connectivity index (χ3n) is 10.6. The summed E-state index contributed by atoms with van der Waals surface area (Å²) < 4.78 is 30.5. The van der Waals surface area contributed by atoms with Gasteiger partial charge in [-0.15, -0.1) is 0 Å². The van der Waals surface area contributed by atoms with Gasteiger partial charge in [0.15, 0.2) is 0 Å². The van der Waals surface area contributed by atoms with E-state index in [9.17, 15) is 33.2 Å². The summed E-state index contributed by atoms with van der Waals surface area (Å²) in [5, 5.41) is 11.8. The molecule has 63 heavy (non-hydrogen) atoms. The molecule has 2 fully saturated rings. The zero-order chi connectivity index (χ0) is 44.5. The van der Waals surface area contributed by atoms with E-state index in [1.807, 2.05) is 0 Å². The molecule has 1 atom stereocenters. The van der Waals surface area contributed by atoms with Crippen LogP contribution >= 0.6 is 11.6 Å². The van der Waals surface area contributed by atoms with Crippen molar-refractivity contribution in [3.63, 3.8) is 0 Å². The zero-order valence-corrected chi connectivity index (χ0v) is 35.0. The monoisotopic (exact) mass is 885 g/mol. The van der Waals surface area contributed by atoms with E-state index >= 15 is 0 Å². The molecule has 4 aromatic rings. The van der Waals surface area contributed by atoms with Crippen molar-refractivity contribution in [1.82, 2.24) is 30.0 Å². The van der Waals surface area contributed by atoms with Crippen LogP contribution in [-0.2, 0) is 28.7 Å². The van der Waals surface area contributed by atoms with Crippen molar-refractivity contribution >= 4 is 80.8 Å². The van der Waals surface area contributed by atoms with Gasteiger partial charge in [0.2, 0.25) is 23.6 Å². The second-order valence-electron chi connectivity index (χ2n) is 14.7. The molecule has 6 amide bonds. The highest BCUT2D eigenvalue weighted by Gasteiger charge is 2.45. The van der Waals surface area contributed by atoms with Crippen molar-refractivity contribution in [2.24, 2.45) is 0 Å². The van der Waals surface area contributed by atoms with Gasteiger partial charge in [-0.25, -0.2) is 14.4 Å². The summed E-state index contributed by atoms with van der Waals surface area (Å²) in [6.07, 6.45) is 4.93. The summed E-state index contributed by atoms with van der Waals surface area (Å²) >= 11 is 5.95.